The lowest BCUT2D eigenvalue weighted by molar-refractivity contribution is 0.0973. The lowest BCUT2D eigenvalue weighted by Crippen LogP contribution is -2.34. The highest BCUT2D eigenvalue weighted by Gasteiger charge is 2.22. The second kappa shape index (κ2) is 8.79. The maximum absolute atomic E-state index is 12.8. The van der Waals surface area contributed by atoms with E-state index in [0.29, 0.717) is 35.2 Å². The minimum absolute atomic E-state index is 0.0490. The fourth-order valence-electron chi connectivity index (χ4n) is 2.88. The molecule has 0 fully saturated rings. The molecule has 0 aliphatic heterocycles. The highest BCUT2D eigenvalue weighted by Crippen LogP contribution is 2.18. The first-order valence-corrected chi connectivity index (χ1v) is 8.93. The molecule has 0 saturated heterocycles. The first-order chi connectivity index (χ1) is 14.0. The number of rotatable bonds is 8. The minimum Gasteiger partial charge on any atom is -0.410 e. The van der Waals surface area contributed by atoms with Crippen LogP contribution in [0.2, 0.25) is 0 Å². The summed E-state index contributed by atoms with van der Waals surface area (Å²) in [6.07, 6.45) is 1.64. The van der Waals surface area contributed by atoms with E-state index in [0.717, 1.165) is 0 Å². The van der Waals surface area contributed by atoms with Crippen LogP contribution in [0.4, 0.5) is 5.69 Å². The predicted octanol–water partition coefficient (Wildman–Crippen LogP) is 2.29. The van der Waals surface area contributed by atoms with Crippen LogP contribution < -0.4 is 11.1 Å². The van der Waals surface area contributed by atoms with Gasteiger partial charge in [0.2, 0.25) is 0 Å². The van der Waals surface area contributed by atoms with Crippen molar-refractivity contribution in [2.45, 2.75) is 13.0 Å². The van der Waals surface area contributed by atoms with Gasteiger partial charge in [-0.3, -0.25) is 10.2 Å². The molecule has 0 bridgehead atoms. The molecule has 0 amide bonds. The van der Waals surface area contributed by atoms with Crippen LogP contribution in [-0.4, -0.2) is 44.8 Å². The Morgan fingerprint density at radius 2 is 1.97 bits per heavy atom. The standard InChI is InChI=1S/C20H21N7O2/c21-10-3-11-24-19(23)18(26-29)20-25-15-4-1-2-5-16(15)27(20)12-17(28)13-6-8-14(22)9-7-13/h1-2,4-10,21,29H,3,11-12,22H2,(H2,23,24)/b21-10?,26-18+. The third kappa shape index (κ3) is 4.29. The van der Waals surface area contributed by atoms with Crippen molar-refractivity contribution in [2.24, 2.45) is 5.16 Å². The van der Waals surface area contributed by atoms with E-state index in [4.69, 9.17) is 16.6 Å². The number of hydrogen-bond donors (Lipinski definition) is 5. The number of aromatic nitrogens is 2. The third-order valence-electron chi connectivity index (χ3n) is 4.33. The number of imidazole rings is 1. The van der Waals surface area contributed by atoms with Crippen LogP contribution in [0.3, 0.4) is 0 Å². The Balaban J connectivity index is 1.99. The van der Waals surface area contributed by atoms with Gasteiger partial charge in [0, 0.05) is 17.8 Å². The van der Waals surface area contributed by atoms with E-state index in [-0.39, 0.29) is 29.7 Å². The van der Waals surface area contributed by atoms with Gasteiger partial charge >= 0.3 is 0 Å². The van der Waals surface area contributed by atoms with Crippen molar-refractivity contribution in [3.05, 3.63) is 59.9 Å². The van der Waals surface area contributed by atoms with E-state index >= 15 is 0 Å². The molecule has 0 atom stereocenters. The van der Waals surface area contributed by atoms with Crippen molar-refractivity contribution in [1.29, 1.82) is 10.8 Å². The average Bonchev–Trinajstić information content (AvgIpc) is 3.07. The summed E-state index contributed by atoms with van der Waals surface area (Å²) >= 11 is 0. The molecule has 1 aromatic heterocycles. The molecule has 9 nitrogen and oxygen atoms in total. The van der Waals surface area contributed by atoms with Gasteiger partial charge in [0.15, 0.2) is 23.2 Å². The van der Waals surface area contributed by atoms with Crippen molar-refractivity contribution >= 4 is 40.3 Å². The fraction of sp³-hybridized carbons (Fsp3) is 0.150. The van der Waals surface area contributed by atoms with E-state index in [9.17, 15) is 10.0 Å². The van der Waals surface area contributed by atoms with Crippen LogP contribution >= 0.6 is 0 Å². The second-order valence-corrected chi connectivity index (χ2v) is 6.30. The van der Waals surface area contributed by atoms with Gasteiger partial charge in [0.1, 0.15) is 0 Å². The SMILES string of the molecule is N=CCCNC(=N)/C(=N\O)c1nc2ccccc2n1CC(=O)c1ccc(N)cc1. The van der Waals surface area contributed by atoms with Gasteiger partial charge in [-0.2, -0.15) is 0 Å². The summed E-state index contributed by atoms with van der Waals surface area (Å²) < 4.78 is 1.62. The maximum Gasteiger partial charge on any atom is 0.186 e. The van der Waals surface area contributed by atoms with Crippen LogP contribution in [0.1, 0.15) is 22.6 Å². The molecule has 3 aromatic rings. The van der Waals surface area contributed by atoms with Gasteiger partial charge in [0.05, 0.1) is 17.6 Å². The van der Waals surface area contributed by atoms with Crippen LogP contribution in [0.15, 0.2) is 53.7 Å². The van der Waals surface area contributed by atoms with Crippen molar-refractivity contribution in [3.8, 4) is 0 Å². The van der Waals surface area contributed by atoms with Crippen LogP contribution in [0.25, 0.3) is 11.0 Å². The molecule has 0 aliphatic carbocycles. The molecule has 9 heteroatoms. The lowest BCUT2D eigenvalue weighted by atomic mass is 10.1. The summed E-state index contributed by atoms with van der Waals surface area (Å²) in [5.41, 5.74) is 7.95. The lowest BCUT2D eigenvalue weighted by Gasteiger charge is -2.11. The summed E-state index contributed by atoms with van der Waals surface area (Å²) in [4.78, 5) is 17.3. The number of anilines is 1. The first kappa shape index (κ1) is 19.7. The van der Waals surface area contributed by atoms with Gasteiger partial charge in [-0.05, 0) is 49.0 Å². The molecular weight excluding hydrogens is 370 g/mol. The number of nitrogens with one attached hydrogen (secondary N) is 3. The molecule has 29 heavy (non-hydrogen) atoms. The zero-order valence-corrected chi connectivity index (χ0v) is 15.6. The van der Waals surface area contributed by atoms with Crippen molar-refractivity contribution in [2.75, 3.05) is 12.3 Å². The number of amidine groups is 1. The Labute approximate surface area is 166 Å². The van der Waals surface area contributed by atoms with Crippen LogP contribution in [0, 0.1) is 10.8 Å². The number of nitrogen functional groups attached to an aromatic ring is 1. The molecule has 0 spiro atoms. The first-order valence-electron chi connectivity index (χ1n) is 8.93. The average molecular weight is 391 g/mol. The number of fused-ring (bicyclic) bond motifs is 1. The number of para-hydroxylation sites is 2. The number of oxime groups is 1. The number of ketones is 1. The quantitative estimate of drug-likeness (QED) is 0.0758. The number of nitrogens with two attached hydrogens (primary N) is 1. The van der Waals surface area contributed by atoms with E-state index in [1.165, 1.54) is 6.21 Å². The van der Waals surface area contributed by atoms with Gasteiger partial charge < -0.3 is 26.2 Å². The van der Waals surface area contributed by atoms with Gasteiger partial charge in [-0.1, -0.05) is 17.3 Å². The topological polar surface area (TPSA) is 153 Å². The number of Topliss-reactive ketones (excluding diaryl/α,β-unsaturated/α-hetero) is 1. The maximum atomic E-state index is 12.8. The Hall–Kier alpha value is -4.01. The molecule has 2 aromatic carbocycles. The Morgan fingerprint density at radius 1 is 1.24 bits per heavy atom. The van der Waals surface area contributed by atoms with Crippen molar-refractivity contribution in [1.82, 2.24) is 14.9 Å². The van der Waals surface area contributed by atoms with Gasteiger partial charge in [-0.15, -0.1) is 0 Å². The van der Waals surface area contributed by atoms with Crippen molar-refractivity contribution in [3.63, 3.8) is 0 Å². The molecule has 0 unspecified atom stereocenters. The highest BCUT2D eigenvalue weighted by atomic mass is 16.4. The normalized spacial score (nSPS) is 11.4. The zero-order chi connectivity index (χ0) is 20.8. The van der Waals surface area contributed by atoms with E-state index in [1.807, 2.05) is 18.2 Å². The smallest absolute Gasteiger partial charge is 0.186 e. The predicted molar refractivity (Wildman–Crippen MR) is 112 cm³/mol. The minimum atomic E-state index is -0.171. The highest BCUT2D eigenvalue weighted by molar-refractivity contribution is 6.45. The molecular formula is C20H21N7O2. The molecule has 0 saturated carbocycles. The van der Waals surface area contributed by atoms with Crippen LogP contribution in [-0.2, 0) is 6.54 Å². The van der Waals surface area contributed by atoms with Gasteiger partial charge in [0.25, 0.3) is 0 Å². The summed E-state index contributed by atoms with van der Waals surface area (Å²) in [5.74, 6) is -0.120. The van der Waals surface area contributed by atoms with E-state index in [1.54, 1.807) is 34.9 Å². The largest absolute Gasteiger partial charge is 0.410 e. The molecule has 3 rings (SSSR count). The van der Waals surface area contributed by atoms with Crippen molar-refractivity contribution < 1.29 is 10.0 Å². The molecule has 1 heterocycles. The van der Waals surface area contributed by atoms with Gasteiger partial charge in [-0.25, -0.2) is 4.98 Å². The number of carbonyl (C=O) groups is 1. The second-order valence-electron chi connectivity index (χ2n) is 6.30. The summed E-state index contributed by atoms with van der Waals surface area (Å²) in [5, 5.41) is 30.8. The Morgan fingerprint density at radius 3 is 2.66 bits per heavy atom. The van der Waals surface area contributed by atoms with E-state index < -0.39 is 0 Å². The molecule has 148 valence electrons. The third-order valence-corrected chi connectivity index (χ3v) is 4.33. The number of hydrogen-bond acceptors (Lipinski definition) is 7. The van der Waals surface area contributed by atoms with Crippen LogP contribution in [0.5, 0.6) is 0 Å². The summed E-state index contributed by atoms with van der Waals surface area (Å²) in [7, 11) is 0. The number of benzene rings is 2. The molecule has 0 radical (unpaired) electrons. The van der Waals surface area contributed by atoms with E-state index in [2.05, 4.69) is 15.5 Å². The summed E-state index contributed by atoms with van der Waals surface area (Å²) in [6.45, 7) is 0.290. The number of carbonyl (C=O) groups excluding carboxylic acids is 1. The number of nitrogens with zero attached hydrogens (tertiary/aromatic N) is 3. The summed E-state index contributed by atoms with van der Waals surface area (Å²) in [6, 6.07) is 13.8. The molecule has 0 aliphatic rings. The Kier molecular flexibility index (Phi) is 5.98. The fourth-order valence-corrected chi connectivity index (χ4v) is 2.88. The molecule has 6 N–H and O–H groups in total. The Bertz CT molecular complexity index is 1080. The zero-order valence-electron chi connectivity index (χ0n) is 15.6. The monoisotopic (exact) mass is 391 g/mol.